The molecular formula is C12H27O2P. The molecular weight excluding hydrogens is 207 g/mol. The highest BCUT2D eigenvalue weighted by atomic mass is 31.1. The molecule has 0 radical (unpaired) electrons. The molecule has 0 aromatic carbocycles. The van der Waals surface area contributed by atoms with Crippen LogP contribution >= 0.6 is 9.03 Å². The minimum atomic E-state index is 0.244. The van der Waals surface area contributed by atoms with Gasteiger partial charge in [0.05, 0.1) is 13.2 Å². The summed E-state index contributed by atoms with van der Waals surface area (Å²) in [4.78, 5) is 0. The highest BCUT2D eigenvalue weighted by Crippen LogP contribution is 2.14. The van der Waals surface area contributed by atoms with Crippen molar-refractivity contribution in [1.82, 2.24) is 0 Å². The molecule has 0 heterocycles. The summed E-state index contributed by atoms with van der Waals surface area (Å²) in [5.74, 6) is 0. The molecule has 0 aliphatic rings. The summed E-state index contributed by atoms with van der Waals surface area (Å²) in [6.45, 7) is 5.88. The first-order chi connectivity index (χ1) is 7.41. The number of unbranched alkanes of at least 4 members (excludes halogenated alkanes) is 7. The summed E-state index contributed by atoms with van der Waals surface area (Å²) in [6, 6.07) is 0. The normalized spacial score (nSPS) is 11.6. The Kier molecular flexibility index (Phi) is 14.7. The van der Waals surface area contributed by atoms with E-state index in [1.165, 1.54) is 51.4 Å². The first kappa shape index (κ1) is 15.3. The Labute approximate surface area is 97.1 Å². The average molecular weight is 234 g/mol. The van der Waals surface area contributed by atoms with Crippen molar-refractivity contribution >= 4 is 9.03 Å². The molecule has 2 nitrogen and oxygen atoms in total. The molecule has 3 heteroatoms. The molecule has 1 unspecified atom stereocenters. The SMILES string of the molecule is CCCCCCCCCCOPOCC. The molecule has 15 heavy (non-hydrogen) atoms. The summed E-state index contributed by atoms with van der Waals surface area (Å²) in [5, 5.41) is 0. The van der Waals surface area contributed by atoms with Crippen LogP contribution in [0.5, 0.6) is 0 Å². The Bertz CT molecular complexity index is 97.8. The fourth-order valence-electron chi connectivity index (χ4n) is 1.45. The topological polar surface area (TPSA) is 18.5 Å². The van der Waals surface area contributed by atoms with Gasteiger partial charge in [-0.05, 0) is 13.3 Å². The van der Waals surface area contributed by atoms with Crippen molar-refractivity contribution in [3.63, 3.8) is 0 Å². The fourth-order valence-corrected chi connectivity index (χ4v) is 1.88. The van der Waals surface area contributed by atoms with Crippen molar-refractivity contribution in [2.45, 2.75) is 65.2 Å². The first-order valence-electron chi connectivity index (χ1n) is 6.40. The molecule has 0 bridgehead atoms. The number of hydrogen-bond acceptors (Lipinski definition) is 2. The quantitative estimate of drug-likeness (QED) is 0.360. The van der Waals surface area contributed by atoms with Crippen LogP contribution in [-0.2, 0) is 9.05 Å². The van der Waals surface area contributed by atoms with E-state index >= 15 is 0 Å². The van der Waals surface area contributed by atoms with Crippen LogP contribution in [0, 0.1) is 0 Å². The van der Waals surface area contributed by atoms with Gasteiger partial charge in [0.1, 0.15) is 0 Å². The zero-order valence-electron chi connectivity index (χ0n) is 10.4. The molecule has 0 N–H and O–H groups in total. The van der Waals surface area contributed by atoms with Crippen molar-refractivity contribution in [3.8, 4) is 0 Å². The van der Waals surface area contributed by atoms with Crippen molar-refractivity contribution in [1.29, 1.82) is 0 Å². The van der Waals surface area contributed by atoms with Gasteiger partial charge in [-0.3, -0.25) is 0 Å². The largest absolute Gasteiger partial charge is 0.337 e. The molecule has 0 saturated carbocycles. The van der Waals surface area contributed by atoms with Crippen LogP contribution < -0.4 is 0 Å². The molecule has 0 aliphatic carbocycles. The highest BCUT2D eigenvalue weighted by Gasteiger charge is 1.92. The van der Waals surface area contributed by atoms with E-state index in [1.807, 2.05) is 6.92 Å². The summed E-state index contributed by atoms with van der Waals surface area (Å²) in [5.41, 5.74) is 0. The maximum atomic E-state index is 5.32. The lowest BCUT2D eigenvalue weighted by atomic mass is 10.1. The summed E-state index contributed by atoms with van der Waals surface area (Å²) in [7, 11) is 0.244. The van der Waals surface area contributed by atoms with Gasteiger partial charge in [-0.1, -0.05) is 51.9 Å². The lowest BCUT2D eigenvalue weighted by Gasteiger charge is -2.03. The summed E-state index contributed by atoms with van der Waals surface area (Å²) >= 11 is 0. The van der Waals surface area contributed by atoms with Crippen molar-refractivity contribution in [2.75, 3.05) is 13.2 Å². The van der Waals surface area contributed by atoms with E-state index in [0.717, 1.165) is 13.2 Å². The zero-order valence-corrected chi connectivity index (χ0v) is 11.4. The Morgan fingerprint density at radius 1 is 0.733 bits per heavy atom. The maximum absolute atomic E-state index is 5.32. The number of hydrogen-bond donors (Lipinski definition) is 0. The van der Waals surface area contributed by atoms with E-state index < -0.39 is 0 Å². The van der Waals surface area contributed by atoms with Gasteiger partial charge in [0.15, 0.2) is 9.03 Å². The molecule has 0 saturated heterocycles. The van der Waals surface area contributed by atoms with Crippen LogP contribution in [0.1, 0.15) is 65.2 Å². The first-order valence-corrected chi connectivity index (χ1v) is 7.22. The lowest BCUT2D eigenvalue weighted by molar-refractivity contribution is 0.270. The van der Waals surface area contributed by atoms with Crippen molar-refractivity contribution in [3.05, 3.63) is 0 Å². The maximum Gasteiger partial charge on any atom is 0.155 e. The molecule has 0 spiro atoms. The van der Waals surface area contributed by atoms with Gasteiger partial charge in [0.25, 0.3) is 0 Å². The second kappa shape index (κ2) is 14.3. The summed E-state index contributed by atoms with van der Waals surface area (Å²) in [6.07, 6.45) is 10.8. The Hall–Kier alpha value is 0.350. The van der Waals surface area contributed by atoms with Crippen LogP contribution in [0.25, 0.3) is 0 Å². The third-order valence-corrected chi connectivity index (χ3v) is 3.09. The fraction of sp³-hybridized carbons (Fsp3) is 1.00. The molecule has 1 atom stereocenters. The minimum absolute atomic E-state index is 0.244. The van der Waals surface area contributed by atoms with E-state index in [9.17, 15) is 0 Å². The predicted molar refractivity (Wildman–Crippen MR) is 68.5 cm³/mol. The third-order valence-electron chi connectivity index (χ3n) is 2.36. The van der Waals surface area contributed by atoms with Crippen molar-refractivity contribution in [2.24, 2.45) is 0 Å². The minimum Gasteiger partial charge on any atom is -0.337 e. The van der Waals surface area contributed by atoms with E-state index in [4.69, 9.17) is 9.05 Å². The van der Waals surface area contributed by atoms with Gasteiger partial charge >= 0.3 is 0 Å². The monoisotopic (exact) mass is 234 g/mol. The predicted octanol–water partition coefficient (Wildman–Crippen LogP) is 4.69. The van der Waals surface area contributed by atoms with Gasteiger partial charge in [-0.25, -0.2) is 0 Å². The third kappa shape index (κ3) is 14.4. The molecule has 92 valence electrons. The molecule has 0 fully saturated rings. The zero-order chi connectivity index (χ0) is 11.2. The van der Waals surface area contributed by atoms with Crippen molar-refractivity contribution < 1.29 is 9.05 Å². The van der Waals surface area contributed by atoms with Gasteiger partial charge in [0.2, 0.25) is 0 Å². The standard InChI is InChI=1S/C12H27O2P/c1-3-5-6-7-8-9-10-11-12-14-15-13-4-2/h15H,3-12H2,1-2H3. The summed E-state index contributed by atoms with van der Waals surface area (Å²) < 4.78 is 10.4. The van der Waals surface area contributed by atoms with Gasteiger partial charge in [-0.2, -0.15) is 0 Å². The van der Waals surface area contributed by atoms with Crippen LogP contribution in [0.15, 0.2) is 0 Å². The molecule has 0 amide bonds. The Balaban J connectivity index is 2.81. The van der Waals surface area contributed by atoms with Gasteiger partial charge in [-0.15, -0.1) is 0 Å². The average Bonchev–Trinajstić information content (AvgIpc) is 2.26. The smallest absolute Gasteiger partial charge is 0.155 e. The van der Waals surface area contributed by atoms with E-state index in [-0.39, 0.29) is 9.03 Å². The van der Waals surface area contributed by atoms with Gasteiger partial charge < -0.3 is 9.05 Å². The highest BCUT2D eigenvalue weighted by molar-refractivity contribution is 7.26. The molecule has 0 aromatic rings. The number of rotatable bonds is 12. The molecule has 0 aromatic heterocycles. The Morgan fingerprint density at radius 3 is 1.93 bits per heavy atom. The van der Waals surface area contributed by atoms with Crippen LogP contribution in [0.4, 0.5) is 0 Å². The lowest BCUT2D eigenvalue weighted by Crippen LogP contribution is -1.87. The second-order valence-corrected chi connectivity index (χ2v) is 4.58. The van der Waals surface area contributed by atoms with E-state index in [0.29, 0.717) is 0 Å². The Morgan fingerprint density at radius 2 is 1.33 bits per heavy atom. The van der Waals surface area contributed by atoms with Gasteiger partial charge in [0, 0.05) is 0 Å². The van der Waals surface area contributed by atoms with E-state index in [1.54, 1.807) is 0 Å². The molecule has 0 rings (SSSR count). The van der Waals surface area contributed by atoms with E-state index in [2.05, 4.69) is 6.92 Å². The van der Waals surface area contributed by atoms with Crippen LogP contribution in [-0.4, -0.2) is 13.2 Å². The molecule has 0 aliphatic heterocycles. The second-order valence-electron chi connectivity index (χ2n) is 3.84. The van der Waals surface area contributed by atoms with Crippen LogP contribution in [0.2, 0.25) is 0 Å². The van der Waals surface area contributed by atoms with Crippen LogP contribution in [0.3, 0.4) is 0 Å².